The number of benzene rings is 2. The van der Waals surface area contributed by atoms with Crippen molar-refractivity contribution in [2.75, 3.05) is 20.3 Å². The second kappa shape index (κ2) is 5.43. The zero-order valence-electron chi connectivity index (χ0n) is 11.2. The molecule has 0 bridgehead atoms. The minimum absolute atomic E-state index is 0.537. The van der Waals surface area contributed by atoms with Gasteiger partial charge in [-0.1, -0.05) is 18.2 Å². The lowest BCUT2D eigenvalue weighted by Gasteiger charge is -2.20. The second-order valence-corrected chi connectivity index (χ2v) is 4.58. The molecular weight excluding hydrogens is 256 g/mol. The molecule has 104 valence electrons. The third-order valence-corrected chi connectivity index (χ3v) is 3.31. The molecule has 3 rings (SSSR count). The molecule has 1 heterocycles. The number of aliphatic hydroxyl groups is 1. The Labute approximate surface area is 117 Å². The van der Waals surface area contributed by atoms with Crippen molar-refractivity contribution in [3.05, 3.63) is 53.6 Å². The van der Waals surface area contributed by atoms with Gasteiger partial charge < -0.3 is 19.3 Å². The van der Waals surface area contributed by atoms with Gasteiger partial charge in [0.1, 0.15) is 25.1 Å². The summed E-state index contributed by atoms with van der Waals surface area (Å²) in [5, 5.41) is 10.4. The van der Waals surface area contributed by atoms with Crippen molar-refractivity contribution in [2.24, 2.45) is 0 Å². The van der Waals surface area contributed by atoms with Gasteiger partial charge in [-0.3, -0.25) is 0 Å². The fourth-order valence-electron chi connectivity index (χ4n) is 2.21. The van der Waals surface area contributed by atoms with Crippen LogP contribution in [0.5, 0.6) is 17.2 Å². The summed E-state index contributed by atoms with van der Waals surface area (Å²) in [4.78, 5) is 0. The summed E-state index contributed by atoms with van der Waals surface area (Å²) in [6.07, 6.45) is -0.697. The van der Waals surface area contributed by atoms with E-state index in [1.165, 1.54) is 0 Å². The molecule has 0 amide bonds. The highest BCUT2D eigenvalue weighted by atomic mass is 16.6. The molecule has 0 saturated heterocycles. The van der Waals surface area contributed by atoms with E-state index in [-0.39, 0.29) is 0 Å². The molecule has 0 spiro atoms. The van der Waals surface area contributed by atoms with E-state index in [1.807, 2.05) is 42.5 Å². The maximum Gasteiger partial charge on any atom is 0.161 e. The smallest absolute Gasteiger partial charge is 0.161 e. The molecule has 0 fully saturated rings. The van der Waals surface area contributed by atoms with Crippen LogP contribution in [0, 0.1) is 0 Å². The van der Waals surface area contributed by atoms with E-state index in [2.05, 4.69) is 0 Å². The van der Waals surface area contributed by atoms with E-state index in [0.29, 0.717) is 19.0 Å². The van der Waals surface area contributed by atoms with E-state index in [4.69, 9.17) is 14.2 Å². The third-order valence-electron chi connectivity index (χ3n) is 3.31. The highest BCUT2D eigenvalue weighted by Gasteiger charge is 2.16. The summed E-state index contributed by atoms with van der Waals surface area (Å²) in [5.74, 6) is 2.17. The van der Waals surface area contributed by atoms with Crippen LogP contribution in [0.2, 0.25) is 0 Å². The van der Waals surface area contributed by atoms with Crippen LogP contribution in [-0.2, 0) is 0 Å². The standard InChI is InChI=1S/C16H16O4/c1-18-13-5-2-11(3-6-13)16(17)12-4-7-14-15(10-12)20-9-8-19-14/h2-7,10,16-17H,8-9H2,1H3/t16-/m1/s1. The number of rotatable bonds is 3. The van der Waals surface area contributed by atoms with Gasteiger partial charge >= 0.3 is 0 Å². The SMILES string of the molecule is COc1ccc([C@@H](O)c2ccc3c(c2)OCCO3)cc1. The van der Waals surface area contributed by atoms with Gasteiger partial charge in [-0.05, 0) is 35.4 Å². The summed E-state index contributed by atoms with van der Waals surface area (Å²) in [5.41, 5.74) is 1.59. The fourth-order valence-corrected chi connectivity index (χ4v) is 2.21. The van der Waals surface area contributed by atoms with Crippen molar-refractivity contribution in [3.63, 3.8) is 0 Å². The minimum atomic E-state index is -0.697. The van der Waals surface area contributed by atoms with Crippen LogP contribution in [0.1, 0.15) is 17.2 Å². The molecule has 0 radical (unpaired) electrons. The molecule has 1 N–H and O–H groups in total. The van der Waals surface area contributed by atoms with Gasteiger partial charge in [-0.15, -0.1) is 0 Å². The van der Waals surface area contributed by atoms with Gasteiger partial charge in [0, 0.05) is 0 Å². The molecule has 20 heavy (non-hydrogen) atoms. The molecule has 2 aromatic carbocycles. The maximum absolute atomic E-state index is 10.4. The van der Waals surface area contributed by atoms with Crippen LogP contribution < -0.4 is 14.2 Å². The molecule has 0 unspecified atom stereocenters. The predicted molar refractivity (Wildman–Crippen MR) is 74.5 cm³/mol. The number of ether oxygens (including phenoxy) is 3. The van der Waals surface area contributed by atoms with Crippen molar-refractivity contribution in [1.82, 2.24) is 0 Å². The first kappa shape index (κ1) is 12.8. The summed E-state index contributed by atoms with van der Waals surface area (Å²) in [7, 11) is 1.62. The molecule has 4 heteroatoms. The predicted octanol–water partition coefficient (Wildman–Crippen LogP) is 2.55. The van der Waals surface area contributed by atoms with Crippen molar-refractivity contribution < 1.29 is 19.3 Å². The Morgan fingerprint density at radius 3 is 2.30 bits per heavy atom. The van der Waals surface area contributed by atoms with E-state index in [0.717, 1.165) is 22.6 Å². The van der Waals surface area contributed by atoms with Crippen molar-refractivity contribution in [1.29, 1.82) is 0 Å². The van der Waals surface area contributed by atoms with Crippen LogP contribution in [-0.4, -0.2) is 25.4 Å². The van der Waals surface area contributed by atoms with Crippen LogP contribution in [0.3, 0.4) is 0 Å². The van der Waals surface area contributed by atoms with Crippen molar-refractivity contribution >= 4 is 0 Å². The average molecular weight is 272 g/mol. The molecular formula is C16H16O4. The Hall–Kier alpha value is -2.20. The van der Waals surface area contributed by atoms with Crippen LogP contribution in [0.15, 0.2) is 42.5 Å². The summed E-state index contributed by atoms with van der Waals surface area (Å²) in [6, 6.07) is 12.9. The van der Waals surface area contributed by atoms with Crippen LogP contribution in [0.4, 0.5) is 0 Å². The Bertz CT molecular complexity index is 592. The summed E-state index contributed by atoms with van der Waals surface area (Å²) in [6.45, 7) is 1.10. The van der Waals surface area contributed by atoms with Crippen molar-refractivity contribution in [2.45, 2.75) is 6.10 Å². The zero-order chi connectivity index (χ0) is 13.9. The van der Waals surface area contributed by atoms with E-state index < -0.39 is 6.10 Å². The Balaban J connectivity index is 1.87. The number of hydrogen-bond acceptors (Lipinski definition) is 4. The van der Waals surface area contributed by atoms with Gasteiger partial charge in [-0.25, -0.2) is 0 Å². The largest absolute Gasteiger partial charge is 0.497 e. The highest BCUT2D eigenvalue weighted by molar-refractivity contribution is 5.46. The molecule has 1 aliphatic rings. The highest BCUT2D eigenvalue weighted by Crippen LogP contribution is 2.34. The van der Waals surface area contributed by atoms with Crippen LogP contribution in [0.25, 0.3) is 0 Å². The first-order valence-corrected chi connectivity index (χ1v) is 6.49. The van der Waals surface area contributed by atoms with Crippen LogP contribution >= 0.6 is 0 Å². The Kier molecular flexibility index (Phi) is 3.48. The first-order chi connectivity index (χ1) is 9.78. The van der Waals surface area contributed by atoms with Gasteiger partial charge in [-0.2, -0.15) is 0 Å². The Morgan fingerprint density at radius 2 is 1.60 bits per heavy atom. The fraction of sp³-hybridized carbons (Fsp3) is 0.250. The average Bonchev–Trinajstić information content (AvgIpc) is 2.54. The second-order valence-electron chi connectivity index (χ2n) is 4.58. The van der Waals surface area contributed by atoms with Gasteiger partial charge in [0.2, 0.25) is 0 Å². The molecule has 0 saturated carbocycles. The van der Waals surface area contributed by atoms with Gasteiger partial charge in [0.25, 0.3) is 0 Å². The number of fused-ring (bicyclic) bond motifs is 1. The lowest BCUT2D eigenvalue weighted by molar-refractivity contribution is 0.169. The zero-order valence-corrected chi connectivity index (χ0v) is 11.2. The van der Waals surface area contributed by atoms with E-state index in [9.17, 15) is 5.11 Å². The lowest BCUT2D eigenvalue weighted by atomic mass is 10.0. The van der Waals surface area contributed by atoms with Gasteiger partial charge in [0.15, 0.2) is 11.5 Å². The summed E-state index contributed by atoms with van der Waals surface area (Å²) >= 11 is 0. The first-order valence-electron chi connectivity index (χ1n) is 6.49. The maximum atomic E-state index is 10.4. The monoisotopic (exact) mass is 272 g/mol. The summed E-state index contributed by atoms with van der Waals surface area (Å²) < 4.78 is 16.1. The number of aliphatic hydroxyl groups excluding tert-OH is 1. The molecule has 2 aromatic rings. The molecule has 1 atom stereocenters. The number of methoxy groups -OCH3 is 1. The minimum Gasteiger partial charge on any atom is -0.497 e. The molecule has 0 aromatic heterocycles. The lowest BCUT2D eigenvalue weighted by Crippen LogP contribution is -2.15. The molecule has 0 aliphatic carbocycles. The topological polar surface area (TPSA) is 47.9 Å². The molecule has 4 nitrogen and oxygen atoms in total. The van der Waals surface area contributed by atoms with Crippen molar-refractivity contribution in [3.8, 4) is 17.2 Å². The Morgan fingerprint density at radius 1 is 0.950 bits per heavy atom. The van der Waals surface area contributed by atoms with Gasteiger partial charge in [0.05, 0.1) is 7.11 Å². The normalized spacial score (nSPS) is 14.7. The van der Waals surface area contributed by atoms with E-state index in [1.54, 1.807) is 7.11 Å². The third kappa shape index (κ3) is 2.42. The molecule has 1 aliphatic heterocycles. The number of hydrogen-bond donors (Lipinski definition) is 1. The van der Waals surface area contributed by atoms with E-state index >= 15 is 0 Å². The quantitative estimate of drug-likeness (QED) is 0.932.